The van der Waals surface area contributed by atoms with Crippen LogP contribution in [-0.2, 0) is 0 Å². The molecule has 1 aromatic rings. The molecule has 1 aliphatic rings. The van der Waals surface area contributed by atoms with Gasteiger partial charge < -0.3 is 10.2 Å². The highest BCUT2D eigenvalue weighted by atomic mass is 19.1. The SMILES string of the molecule is CCNC1CCCCCC1CN(C)c1ccccc1F. The van der Waals surface area contributed by atoms with Crippen LogP contribution in [-0.4, -0.2) is 26.2 Å². The zero-order valence-corrected chi connectivity index (χ0v) is 12.7. The molecule has 1 aromatic carbocycles. The summed E-state index contributed by atoms with van der Waals surface area (Å²) < 4.78 is 13.9. The molecule has 1 aliphatic carbocycles. The number of hydrogen-bond donors (Lipinski definition) is 1. The van der Waals surface area contributed by atoms with E-state index >= 15 is 0 Å². The number of para-hydroxylation sites is 1. The van der Waals surface area contributed by atoms with E-state index in [-0.39, 0.29) is 5.82 Å². The van der Waals surface area contributed by atoms with Crippen LogP contribution >= 0.6 is 0 Å². The predicted octanol–water partition coefficient (Wildman–Crippen LogP) is 3.82. The van der Waals surface area contributed by atoms with Crippen molar-refractivity contribution in [2.45, 2.75) is 45.1 Å². The highest BCUT2D eigenvalue weighted by molar-refractivity contribution is 5.46. The minimum absolute atomic E-state index is 0.122. The third-order valence-corrected chi connectivity index (χ3v) is 4.40. The van der Waals surface area contributed by atoms with Gasteiger partial charge in [0.25, 0.3) is 0 Å². The number of nitrogens with one attached hydrogen (secondary N) is 1. The average Bonchev–Trinajstić information content (AvgIpc) is 2.65. The Kier molecular flexibility index (Phi) is 5.84. The Morgan fingerprint density at radius 1 is 1.20 bits per heavy atom. The molecule has 0 aromatic heterocycles. The third kappa shape index (κ3) is 3.95. The number of anilines is 1. The van der Waals surface area contributed by atoms with Gasteiger partial charge in [-0.05, 0) is 37.4 Å². The van der Waals surface area contributed by atoms with Gasteiger partial charge in [-0.3, -0.25) is 0 Å². The molecule has 20 heavy (non-hydrogen) atoms. The van der Waals surface area contributed by atoms with Gasteiger partial charge in [0.2, 0.25) is 0 Å². The van der Waals surface area contributed by atoms with Gasteiger partial charge >= 0.3 is 0 Å². The summed E-state index contributed by atoms with van der Waals surface area (Å²) >= 11 is 0. The smallest absolute Gasteiger partial charge is 0.146 e. The lowest BCUT2D eigenvalue weighted by Crippen LogP contribution is -2.41. The van der Waals surface area contributed by atoms with E-state index in [0.717, 1.165) is 13.1 Å². The maximum Gasteiger partial charge on any atom is 0.146 e. The first-order valence-electron chi connectivity index (χ1n) is 7.91. The summed E-state index contributed by atoms with van der Waals surface area (Å²) in [5, 5.41) is 3.63. The van der Waals surface area contributed by atoms with Crippen LogP contribution in [0.5, 0.6) is 0 Å². The highest BCUT2D eigenvalue weighted by Gasteiger charge is 2.24. The molecule has 0 aliphatic heterocycles. The second kappa shape index (κ2) is 7.63. The molecule has 0 saturated heterocycles. The summed E-state index contributed by atoms with van der Waals surface area (Å²) in [4.78, 5) is 2.08. The van der Waals surface area contributed by atoms with Crippen LogP contribution in [0.1, 0.15) is 39.0 Å². The summed E-state index contributed by atoms with van der Waals surface area (Å²) in [6.45, 7) is 4.12. The number of halogens is 1. The van der Waals surface area contributed by atoms with Crippen molar-refractivity contribution in [3.63, 3.8) is 0 Å². The molecule has 0 spiro atoms. The van der Waals surface area contributed by atoms with E-state index in [9.17, 15) is 4.39 Å². The van der Waals surface area contributed by atoms with Crippen molar-refractivity contribution in [3.8, 4) is 0 Å². The molecular formula is C17H27FN2. The number of nitrogens with zero attached hydrogens (tertiary/aromatic N) is 1. The van der Waals surface area contributed by atoms with Crippen LogP contribution in [0.25, 0.3) is 0 Å². The molecule has 3 heteroatoms. The molecule has 1 fully saturated rings. The first-order valence-corrected chi connectivity index (χ1v) is 7.91. The first-order chi connectivity index (χ1) is 9.72. The van der Waals surface area contributed by atoms with E-state index in [1.165, 1.54) is 32.1 Å². The Hall–Kier alpha value is -1.09. The van der Waals surface area contributed by atoms with Crippen LogP contribution in [0.2, 0.25) is 0 Å². The zero-order chi connectivity index (χ0) is 14.4. The lowest BCUT2D eigenvalue weighted by atomic mass is 9.94. The van der Waals surface area contributed by atoms with Gasteiger partial charge in [-0.2, -0.15) is 0 Å². The quantitative estimate of drug-likeness (QED) is 0.824. The van der Waals surface area contributed by atoms with Crippen molar-refractivity contribution in [1.82, 2.24) is 5.32 Å². The maximum absolute atomic E-state index is 13.9. The molecule has 2 rings (SSSR count). The lowest BCUT2D eigenvalue weighted by Gasteiger charge is -2.31. The Morgan fingerprint density at radius 2 is 1.95 bits per heavy atom. The van der Waals surface area contributed by atoms with Crippen molar-refractivity contribution in [3.05, 3.63) is 30.1 Å². The third-order valence-electron chi connectivity index (χ3n) is 4.40. The average molecular weight is 278 g/mol. The molecule has 2 unspecified atom stereocenters. The van der Waals surface area contributed by atoms with Gasteiger partial charge in [0.05, 0.1) is 5.69 Å². The molecule has 2 nitrogen and oxygen atoms in total. The van der Waals surface area contributed by atoms with Crippen LogP contribution in [0.15, 0.2) is 24.3 Å². The van der Waals surface area contributed by atoms with E-state index in [4.69, 9.17) is 0 Å². The molecule has 1 N–H and O–H groups in total. The van der Waals surface area contributed by atoms with E-state index < -0.39 is 0 Å². The first kappa shape index (κ1) is 15.3. The Bertz CT molecular complexity index is 408. The van der Waals surface area contributed by atoms with Crippen LogP contribution < -0.4 is 10.2 Å². The molecular weight excluding hydrogens is 251 g/mol. The molecule has 0 radical (unpaired) electrons. The Balaban J connectivity index is 2.03. The molecule has 0 bridgehead atoms. The highest BCUT2D eigenvalue weighted by Crippen LogP contribution is 2.26. The van der Waals surface area contributed by atoms with Crippen molar-refractivity contribution in [1.29, 1.82) is 0 Å². The second-order valence-electron chi connectivity index (χ2n) is 5.89. The van der Waals surface area contributed by atoms with E-state index in [1.807, 2.05) is 19.2 Å². The standard InChI is InChI=1S/C17H27FN2/c1-3-19-16-11-6-4-5-9-14(16)13-20(2)17-12-8-7-10-15(17)18/h7-8,10,12,14,16,19H,3-6,9,11,13H2,1-2H3. The molecule has 1 saturated carbocycles. The Labute approximate surface area is 122 Å². The summed E-state index contributed by atoms with van der Waals surface area (Å²) in [6.07, 6.45) is 6.46. The largest absolute Gasteiger partial charge is 0.372 e. The van der Waals surface area contributed by atoms with E-state index in [1.54, 1.807) is 12.1 Å². The maximum atomic E-state index is 13.9. The molecule has 0 heterocycles. The predicted molar refractivity (Wildman–Crippen MR) is 83.7 cm³/mol. The number of hydrogen-bond acceptors (Lipinski definition) is 2. The molecule has 2 atom stereocenters. The summed E-state index contributed by atoms with van der Waals surface area (Å²) in [5.41, 5.74) is 0.715. The lowest BCUT2D eigenvalue weighted by molar-refractivity contribution is 0.342. The van der Waals surface area contributed by atoms with Crippen molar-refractivity contribution >= 4 is 5.69 Å². The van der Waals surface area contributed by atoms with Gasteiger partial charge in [0.1, 0.15) is 5.82 Å². The van der Waals surface area contributed by atoms with Gasteiger partial charge in [-0.1, -0.05) is 38.3 Å². The van der Waals surface area contributed by atoms with Crippen molar-refractivity contribution in [2.75, 3.05) is 25.0 Å². The molecule has 112 valence electrons. The summed E-state index contributed by atoms with van der Waals surface area (Å²) in [5.74, 6) is 0.491. The van der Waals surface area contributed by atoms with Crippen LogP contribution in [0, 0.1) is 11.7 Å². The summed E-state index contributed by atoms with van der Waals surface area (Å²) in [6, 6.07) is 7.65. The monoisotopic (exact) mass is 278 g/mol. The summed E-state index contributed by atoms with van der Waals surface area (Å²) in [7, 11) is 2.01. The topological polar surface area (TPSA) is 15.3 Å². The Morgan fingerprint density at radius 3 is 2.70 bits per heavy atom. The number of rotatable bonds is 5. The van der Waals surface area contributed by atoms with E-state index in [2.05, 4.69) is 17.1 Å². The van der Waals surface area contributed by atoms with Gasteiger partial charge in [-0.25, -0.2) is 4.39 Å². The minimum atomic E-state index is -0.122. The fourth-order valence-electron chi connectivity index (χ4n) is 3.35. The van der Waals surface area contributed by atoms with Crippen LogP contribution in [0.4, 0.5) is 10.1 Å². The number of benzene rings is 1. The second-order valence-corrected chi connectivity index (χ2v) is 5.89. The van der Waals surface area contributed by atoms with Gasteiger partial charge in [-0.15, -0.1) is 0 Å². The van der Waals surface area contributed by atoms with Crippen molar-refractivity contribution < 1.29 is 4.39 Å². The fraction of sp³-hybridized carbons (Fsp3) is 0.647. The van der Waals surface area contributed by atoms with E-state index in [0.29, 0.717) is 17.6 Å². The van der Waals surface area contributed by atoms with Gasteiger partial charge in [0.15, 0.2) is 0 Å². The molecule has 0 amide bonds. The normalized spacial score (nSPS) is 23.4. The van der Waals surface area contributed by atoms with Gasteiger partial charge in [0, 0.05) is 19.6 Å². The minimum Gasteiger partial charge on any atom is -0.372 e. The fourth-order valence-corrected chi connectivity index (χ4v) is 3.35. The van der Waals surface area contributed by atoms with Crippen LogP contribution in [0.3, 0.4) is 0 Å². The zero-order valence-electron chi connectivity index (χ0n) is 12.7. The van der Waals surface area contributed by atoms with Crippen molar-refractivity contribution in [2.24, 2.45) is 5.92 Å².